The first-order chi connectivity index (χ1) is 16.1. The summed E-state index contributed by atoms with van der Waals surface area (Å²) in [7, 11) is -1.59. The monoisotopic (exact) mass is 425 g/mol. The number of benzene rings is 2. The number of aromatic nitrogens is 2. The molecule has 0 aliphatic carbocycles. The van der Waals surface area contributed by atoms with Crippen molar-refractivity contribution in [1.82, 2.24) is 9.97 Å². The molecule has 0 aliphatic heterocycles. The van der Waals surface area contributed by atoms with E-state index in [1.165, 1.54) is 11.3 Å². The summed E-state index contributed by atoms with van der Waals surface area (Å²) in [5.41, 5.74) is 4.20. The Kier molecular flexibility index (Phi) is 3.11. The molecule has 4 nitrogen and oxygen atoms in total. The average molecular weight is 426 g/mol. The van der Waals surface area contributed by atoms with Gasteiger partial charge in [0, 0.05) is 49.2 Å². The molecule has 0 atom stereocenters. The van der Waals surface area contributed by atoms with Crippen molar-refractivity contribution in [3.8, 4) is 11.3 Å². The number of furan rings is 2. The van der Waals surface area contributed by atoms with Gasteiger partial charge in [-0.15, -0.1) is 0 Å². The third kappa shape index (κ3) is 2.73. The molecule has 2 aromatic carbocycles. The summed E-state index contributed by atoms with van der Waals surface area (Å²) in [6, 6.07) is 17.4. The molecule has 152 valence electrons. The number of fused-ring (bicyclic) bond motifs is 6. The number of hydrogen-bond donors (Lipinski definition) is 0. The highest BCUT2D eigenvalue weighted by Crippen LogP contribution is 2.36. The normalized spacial score (nSPS) is 14.4. The number of rotatable bonds is 2. The maximum atomic E-state index is 7.65. The molecule has 4 aromatic heterocycles. The van der Waals surface area contributed by atoms with Crippen LogP contribution in [0.2, 0.25) is 19.6 Å². The van der Waals surface area contributed by atoms with E-state index in [0.717, 1.165) is 44.0 Å². The Morgan fingerprint density at radius 1 is 0.839 bits per heavy atom. The molecule has 6 aromatic rings. The van der Waals surface area contributed by atoms with Crippen molar-refractivity contribution in [3.63, 3.8) is 0 Å². The van der Waals surface area contributed by atoms with E-state index in [1.807, 2.05) is 30.5 Å². The van der Waals surface area contributed by atoms with Crippen LogP contribution in [0.25, 0.3) is 55.3 Å². The van der Waals surface area contributed by atoms with Crippen LogP contribution in [0.4, 0.5) is 0 Å². The SMILES string of the molecule is [2H]C([2H])([2H])c1ccc2c(n1)oc1c(-c3cc4oc5c([Si](C)(C)C)cccc5c4cn3)cccc12. The minimum absolute atomic E-state index is 0.0145. The first-order valence-electron chi connectivity index (χ1n) is 11.8. The predicted octanol–water partition coefficient (Wildman–Crippen LogP) is 6.80. The Balaban J connectivity index is 1.57. The van der Waals surface area contributed by atoms with Crippen molar-refractivity contribution in [2.45, 2.75) is 26.5 Å². The van der Waals surface area contributed by atoms with Crippen LogP contribution in [-0.4, -0.2) is 18.0 Å². The van der Waals surface area contributed by atoms with E-state index in [1.54, 1.807) is 6.07 Å². The fourth-order valence-corrected chi connectivity index (χ4v) is 5.77. The molecule has 0 radical (unpaired) electrons. The summed E-state index contributed by atoms with van der Waals surface area (Å²) in [5.74, 6) is 0. The number of nitrogens with zero attached hydrogens (tertiary/aromatic N) is 2. The van der Waals surface area contributed by atoms with Gasteiger partial charge in [-0.3, -0.25) is 4.98 Å². The molecule has 0 amide bonds. The molecule has 0 unspecified atom stereocenters. The fraction of sp³-hybridized carbons (Fsp3) is 0.154. The first-order valence-corrected chi connectivity index (χ1v) is 13.8. The molecular formula is C26H22N2O2Si. The third-order valence-electron chi connectivity index (χ3n) is 5.83. The van der Waals surface area contributed by atoms with Gasteiger partial charge in [0.25, 0.3) is 0 Å². The van der Waals surface area contributed by atoms with Crippen molar-refractivity contribution in [1.29, 1.82) is 0 Å². The zero-order valence-corrected chi connectivity index (χ0v) is 18.5. The van der Waals surface area contributed by atoms with Crippen LogP contribution in [0.15, 0.2) is 69.6 Å². The highest BCUT2D eigenvalue weighted by Gasteiger charge is 2.23. The largest absolute Gasteiger partial charge is 0.456 e. The van der Waals surface area contributed by atoms with Crippen molar-refractivity contribution in [2.24, 2.45) is 0 Å². The lowest BCUT2D eigenvalue weighted by atomic mass is 10.1. The highest BCUT2D eigenvalue weighted by molar-refractivity contribution is 6.90. The van der Waals surface area contributed by atoms with Crippen LogP contribution in [-0.2, 0) is 0 Å². The highest BCUT2D eigenvalue weighted by atomic mass is 28.3. The molecule has 0 fully saturated rings. The van der Waals surface area contributed by atoms with E-state index in [0.29, 0.717) is 11.3 Å². The molecular weight excluding hydrogens is 400 g/mol. The molecule has 0 saturated heterocycles. The summed E-state index contributed by atoms with van der Waals surface area (Å²) in [6.45, 7) is 4.64. The van der Waals surface area contributed by atoms with Crippen LogP contribution in [0, 0.1) is 6.85 Å². The third-order valence-corrected chi connectivity index (χ3v) is 7.84. The summed E-state index contributed by atoms with van der Waals surface area (Å²) in [5, 5.41) is 4.99. The maximum Gasteiger partial charge on any atom is 0.227 e. The predicted molar refractivity (Wildman–Crippen MR) is 130 cm³/mol. The number of pyridine rings is 2. The van der Waals surface area contributed by atoms with Crippen LogP contribution in [0.5, 0.6) is 0 Å². The van der Waals surface area contributed by atoms with Crippen LogP contribution in [0.3, 0.4) is 0 Å². The minimum atomic E-state index is -2.29. The number of hydrogen-bond acceptors (Lipinski definition) is 4. The van der Waals surface area contributed by atoms with Crippen molar-refractivity contribution in [3.05, 3.63) is 66.5 Å². The van der Waals surface area contributed by atoms with Gasteiger partial charge in [-0.1, -0.05) is 50.0 Å². The lowest BCUT2D eigenvalue weighted by Gasteiger charge is -2.16. The van der Waals surface area contributed by atoms with Gasteiger partial charge < -0.3 is 8.83 Å². The Hall–Kier alpha value is -3.44. The van der Waals surface area contributed by atoms with Gasteiger partial charge in [-0.25, -0.2) is 4.98 Å². The van der Waals surface area contributed by atoms with Gasteiger partial charge in [0.05, 0.1) is 13.8 Å². The Labute approximate surface area is 184 Å². The van der Waals surface area contributed by atoms with E-state index in [9.17, 15) is 0 Å². The molecule has 0 aliphatic rings. The van der Waals surface area contributed by atoms with Gasteiger partial charge in [-0.05, 0) is 30.2 Å². The van der Waals surface area contributed by atoms with E-state index in [2.05, 4.69) is 42.8 Å². The van der Waals surface area contributed by atoms with Crippen molar-refractivity contribution in [2.75, 3.05) is 0 Å². The van der Waals surface area contributed by atoms with Crippen LogP contribution in [0.1, 0.15) is 9.81 Å². The Morgan fingerprint density at radius 2 is 1.65 bits per heavy atom. The van der Waals surface area contributed by atoms with Gasteiger partial charge in [0.15, 0.2) is 0 Å². The van der Waals surface area contributed by atoms with E-state index < -0.39 is 14.9 Å². The lowest BCUT2D eigenvalue weighted by molar-refractivity contribution is 0.653. The standard InChI is InChI=1S/C26H22N2O2Si/c1-15-11-12-18-16-7-5-9-19(24(16)30-26(18)28-15)21-13-22-20(14-27-21)17-8-6-10-23(25(17)29-22)31(2,3)4/h5-14H,1-4H3/i1D3. The molecule has 0 bridgehead atoms. The van der Waals surface area contributed by atoms with E-state index >= 15 is 0 Å². The molecule has 31 heavy (non-hydrogen) atoms. The van der Waals surface area contributed by atoms with Crippen LogP contribution < -0.4 is 5.19 Å². The smallest absolute Gasteiger partial charge is 0.227 e. The summed E-state index contributed by atoms with van der Waals surface area (Å²) < 4.78 is 35.4. The van der Waals surface area contributed by atoms with Gasteiger partial charge >= 0.3 is 0 Å². The van der Waals surface area contributed by atoms with Gasteiger partial charge in [0.1, 0.15) is 16.7 Å². The summed E-state index contributed by atoms with van der Waals surface area (Å²) in [6.07, 6.45) is 1.86. The summed E-state index contributed by atoms with van der Waals surface area (Å²) in [4.78, 5) is 9.02. The fourth-order valence-electron chi connectivity index (χ4n) is 4.31. The topological polar surface area (TPSA) is 52.1 Å². The minimum Gasteiger partial charge on any atom is -0.456 e. The average Bonchev–Trinajstić information content (AvgIpc) is 3.34. The van der Waals surface area contributed by atoms with E-state index in [4.69, 9.17) is 17.9 Å². The van der Waals surface area contributed by atoms with Crippen LogP contribution >= 0.6 is 0 Å². The zero-order chi connectivity index (χ0) is 23.8. The summed E-state index contributed by atoms with van der Waals surface area (Å²) >= 11 is 0. The van der Waals surface area contributed by atoms with E-state index in [-0.39, 0.29) is 5.69 Å². The molecule has 0 saturated carbocycles. The second-order valence-electron chi connectivity index (χ2n) is 8.93. The van der Waals surface area contributed by atoms with Gasteiger partial charge in [-0.2, -0.15) is 0 Å². The molecule has 6 rings (SSSR count). The van der Waals surface area contributed by atoms with Crippen molar-refractivity contribution >= 4 is 57.3 Å². The molecule has 4 heterocycles. The van der Waals surface area contributed by atoms with Crippen molar-refractivity contribution < 1.29 is 12.9 Å². The first kappa shape index (κ1) is 15.4. The molecule has 0 N–H and O–H groups in total. The molecule has 5 heteroatoms. The Morgan fingerprint density at radius 3 is 2.45 bits per heavy atom. The second kappa shape index (κ2) is 6.28. The second-order valence-corrected chi connectivity index (χ2v) is 14.0. The quantitative estimate of drug-likeness (QED) is 0.286. The number of para-hydroxylation sites is 2. The van der Waals surface area contributed by atoms with Gasteiger partial charge in [0.2, 0.25) is 5.71 Å². The molecule has 0 spiro atoms. The lowest BCUT2D eigenvalue weighted by Crippen LogP contribution is -2.37. The Bertz CT molecular complexity index is 1740. The number of aryl methyl sites for hydroxylation is 1. The maximum absolute atomic E-state index is 7.65. The zero-order valence-electron chi connectivity index (χ0n) is 20.5.